The number of nitrogens with zero attached hydrogens (tertiary/aromatic N) is 2. The summed E-state index contributed by atoms with van der Waals surface area (Å²) in [5.41, 5.74) is 4.77. The standard InChI is InChI=1S/C24H23FN2O/c1-17-12-13-23(18(2)16-17)28-15-7-14-27-22-11-6-5-10-21(22)26-24(27)19-8-3-4-9-20(19)25/h3-6,8-13,16H,7,14-15H2,1-2H3. The highest BCUT2D eigenvalue weighted by molar-refractivity contribution is 5.80. The van der Waals surface area contributed by atoms with Crippen LogP contribution in [-0.4, -0.2) is 16.2 Å². The minimum absolute atomic E-state index is 0.259. The number of fused-ring (bicyclic) bond motifs is 1. The fraction of sp³-hybridized carbons (Fsp3) is 0.208. The molecule has 3 aromatic carbocycles. The lowest BCUT2D eigenvalue weighted by Crippen LogP contribution is -2.07. The van der Waals surface area contributed by atoms with E-state index >= 15 is 0 Å². The van der Waals surface area contributed by atoms with Crippen LogP contribution in [0.15, 0.2) is 66.7 Å². The Morgan fingerprint density at radius 3 is 2.57 bits per heavy atom. The van der Waals surface area contributed by atoms with Gasteiger partial charge in [0.25, 0.3) is 0 Å². The van der Waals surface area contributed by atoms with Gasteiger partial charge in [0.05, 0.1) is 23.2 Å². The Kier molecular flexibility index (Phi) is 5.11. The highest BCUT2D eigenvalue weighted by Crippen LogP contribution is 2.27. The predicted molar refractivity (Wildman–Crippen MR) is 111 cm³/mol. The van der Waals surface area contributed by atoms with Gasteiger partial charge in [-0.15, -0.1) is 0 Å². The van der Waals surface area contributed by atoms with Gasteiger partial charge < -0.3 is 9.30 Å². The van der Waals surface area contributed by atoms with E-state index in [1.54, 1.807) is 12.1 Å². The monoisotopic (exact) mass is 374 g/mol. The van der Waals surface area contributed by atoms with Crippen LogP contribution in [0.4, 0.5) is 4.39 Å². The van der Waals surface area contributed by atoms with Gasteiger partial charge in [0.15, 0.2) is 0 Å². The molecule has 0 fully saturated rings. The maximum Gasteiger partial charge on any atom is 0.144 e. The number of hydrogen-bond donors (Lipinski definition) is 0. The van der Waals surface area contributed by atoms with Crippen LogP contribution in [0.2, 0.25) is 0 Å². The molecule has 0 spiro atoms. The highest BCUT2D eigenvalue weighted by Gasteiger charge is 2.15. The van der Waals surface area contributed by atoms with Crippen LogP contribution in [0, 0.1) is 19.7 Å². The van der Waals surface area contributed by atoms with Crippen molar-refractivity contribution < 1.29 is 9.13 Å². The SMILES string of the molecule is Cc1ccc(OCCCn2c(-c3ccccc3F)nc3ccccc32)c(C)c1. The van der Waals surface area contributed by atoms with Crippen molar-refractivity contribution >= 4 is 11.0 Å². The predicted octanol–water partition coefficient (Wildman–Crippen LogP) is 5.93. The third kappa shape index (κ3) is 3.63. The van der Waals surface area contributed by atoms with E-state index in [0.717, 1.165) is 28.8 Å². The Morgan fingerprint density at radius 2 is 1.75 bits per heavy atom. The summed E-state index contributed by atoms with van der Waals surface area (Å²) in [6.07, 6.45) is 0.801. The van der Waals surface area contributed by atoms with Crippen molar-refractivity contribution in [3.8, 4) is 17.1 Å². The van der Waals surface area contributed by atoms with Gasteiger partial charge in [-0.3, -0.25) is 0 Å². The molecule has 4 heteroatoms. The fourth-order valence-corrected chi connectivity index (χ4v) is 3.52. The van der Waals surface area contributed by atoms with Crippen molar-refractivity contribution in [2.24, 2.45) is 0 Å². The van der Waals surface area contributed by atoms with Crippen molar-refractivity contribution in [3.05, 3.63) is 83.7 Å². The molecule has 0 amide bonds. The minimum atomic E-state index is -0.259. The number of halogens is 1. The van der Waals surface area contributed by atoms with Crippen molar-refractivity contribution in [1.82, 2.24) is 9.55 Å². The zero-order valence-corrected chi connectivity index (χ0v) is 16.2. The van der Waals surface area contributed by atoms with E-state index in [2.05, 4.69) is 35.5 Å². The summed E-state index contributed by atoms with van der Waals surface area (Å²) in [4.78, 5) is 4.69. The minimum Gasteiger partial charge on any atom is -0.493 e. The maximum absolute atomic E-state index is 14.4. The van der Waals surface area contributed by atoms with Gasteiger partial charge in [-0.25, -0.2) is 9.37 Å². The van der Waals surface area contributed by atoms with Gasteiger partial charge >= 0.3 is 0 Å². The quantitative estimate of drug-likeness (QED) is 0.391. The molecule has 0 saturated carbocycles. The lowest BCUT2D eigenvalue weighted by molar-refractivity contribution is 0.301. The summed E-state index contributed by atoms with van der Waals surface area (Å²) in [6.45, 7) is 5.43. The van der Waals surface area contributed by atoms with E-state index in [4.69, 9.17) is 4.74 Å². The largest absolute Gasteiger partial charge is 0.493 e. The molecular weight excluding hydrogens is 351 g/mol. The summed E-state index contributed by atoms with van der Waals surface area (Å²) >= 11 is 0. The van der Waals surface area contributed by atoms with Gasteiger partial charge in [0.2, 0.25) is 0 Å². The molecule has 0 saturated heterocycles. The molecule has 1 aromatic heterocycles. The summed E-state index contributed by atoms with van der Waals surface area (Å²) in [7, 11) is 0. The lowest BCUT2D eigenvalue weighted by Gasteiger charge is -2.12. The van der Waals surface area contributed by atoms with Crippen LogP contribution in [0.5, 0.6) is 5.75 Å². The summed E-state index contributed by atoms with van der Waals surface area (Å²) < 4.78 is 22.4. The molecule has 0 N–H and O–H groups in total. The topological polar surface area (TPSA) is 27.1 Å². The van der Waals surface area contributed by atoms with Crippen LogP contribution in [-0.2, 0) is 6.54 Å². The number of ether oxygens (including phenoxy) is 1. The third-order valence-electron chi connectivity index (χ3n) is 4.88. The van der Waals surface area contributed by atoms with Gasteiger partial charge in [-0.2, -0.15) is 0 Å². The number of hydrogen-bond acceptors (Lipinski definition) is 2. The second-order valence-electron chi connectivity index (χ2n) is 7.03. The van der Waals surface area contributed by atoms with E-state index in [1.807, 2.05) is 36.4 Å². The van der Waals surface area contributed by atoms with Crippen molar-refractivity contribution in [2.45, 2.75) is 26.8 Å². The zero-order chi connectivity index (χ0) is 19.5. The highest BCUT2D eigenvalue weighted by atomic mass is 19.1. The molecule has 0 unspecified atom stereocenters. The number of para-hydroxylation sites is 2. The smallest absolute Gasteiger partial charge is 0.144 e. The van der Waals surface area contributed by atoms with Crippen LogP contribution in [0.3, 0.4) is 0 Å². The average molecular weight is 374 g/mol. The van der Waals surface area contributed by atoms with Crippen LogP contribution in [0.25, 0.3) is 22.4 Å². The number of imidazole rings is 1. The van der Waals surface area contributed by atoms with E-state index < -0.39 is 0 Å². The first kappa shape index (κ1) is 18.2. The second kappa shape index (κ2) is 7.85. The third-order valence-corrected chi connectivity index (χ3v) is 4.88. The lowest BCUT2D eigenvalue weighted by atomic mass is 10.1. The van der Waals surface area contributed by atoms with Crippen LogP contribution >= 0.6 is 0 Å². The Balaban J connectivity index is 1.56. The summed E-state index contributed by atoms with van der Waals surface area (Å²) in [5.74, 6) is 1.31. The molecular formula is C24H23FN2O. The number of aromatic nitrogens is 2. The molecule has 4 aromatic rings. The fourth-order valence-electron chi connectivity index (χ4n) is 3.52. The first-order valence-corrected chi connectivity index (χ1v) is 9.54. The second-order valence-corrected chi connectivity index (χ2v) is 7.03. The molecule has 3 nitrogen and oxygen atoms in total. The first-order chi connectivity index (χ1) is 13.6. The van der Waals surface area contributed by atoms with Crippen LogP contribution < -0.4 is 4.74 Å². The molecule has 0 aliphatic heterocycles. The first-order valence-electron chi connectivity index (χ1n) is 9.54. The normalized spacial score (nSPS) is 11.1. The number of benzene rings is 3. The van der Waals surface area contributed by atoms with Crippen molar-refractivity contribution in [1.29, 1.82) is 0 Å². The molecule has 0 bridgehead atoms. The van der Waals surface area contributed by atoms with Gasteiger partial charge in [0.1, 0.15) is 17.4 Å². The molecule has 0 aliphatic rings. The Bertz CT molecular complexity index is 1120. The Hall–Kier alpha value is -3.14. The number of aryl methyl sites for hydroxylation is 3. The Labute approximate surface area is 164 Å². The van der Waals surface area contributed by atoms with E-state index in [-0.39, 0.29) is 5.82 Å². The average Bonchev–Trinajstić information content (AvgIpc) is 3.05. The Morgan fingerprint density at radius 1 is 0.964 bits per heavy atom. The summed E-state index contributed by atoms with van der Waals surface area (Å²) in [5, 5.41) is 0. The molecule has 1 heterocycles. The van der Waals surface area contributed by atoms with E-state index in [1.165, 1.54) is 11.6 Å². The van der Waals surface area contributed by atoms with E-state index in [9.17, 15) is 4.39 Å². The van der Waals surface area contributed by atoms with E-state index in [0.29, 0.717) is 24.5 Å². The molecule has 0 atom stereocenters. The van der Waals surface area contributed by atoms with Crippen LogP contribution in [0.1, 0.15) is 17.5 Å². The molecule has 28 heavy (non-hydrogen) atoms. The van der Waals surface area contributed by atoms with Gasteiger partial charge in [-0.1, -0.05) is 42.0 Å². The van der Waals surface area contributed by atoms with Gasteiger partial charge in [0, 0.05) is 6.54 Å². The number of rotatable bonds is 6. The molecule has 0 aliphatic carbocycles. The van der Waals surface area contributed by atoms with Gasteiger partial charge in [-0.05, 0) is 56.2 Å². The molecule has 4 rings (SSSR count). The molecule has 142 valence electrons. The van der Waals surface area contributed by atoms with Crippen molar-refractivity contribution in [3.63, 3.8) is 0 Å². The zero-order valence-electron chi connectivity index (χ0n) is 16.2. The molecule has 0 radical (unpaired) electrons. The summed E-state index contributed by atoms with van der Waals surface area (Å²) in [6, 6.07) is 20.9. The van der Waals surface area contributed by atoms with Crippen molar-refractivity contribution in [2.75, 3.05) is 6.61 Å². The maximum atomic E-state index is 14.4.